The summed E-state index contributed by atoms with van der Waals surface area (Å²) in [5.41, 5.74) is -0.329. The maximum Gasteiger partial charge on any atom is 0.241 e. The van der Waals surface area contributed by atoms with Crippen LogP contribution in [0.25, 0.3) is 0 Å². The van der Waals surface area contributed by atoms with E-state index in [0.29, 0.717) is 11.4 Å². The Bertz CT molecular complexity index is 482. The van der Waals surface area contributed by atoms with Gasteiger partial charge in [0.15, 0.2) is 0 Å². The van der Waals surface area contributed by atoms with Crippen LogP contribution in [-0.4, -0.2) is 21.0 Å². The summed E-state index contributed by atoms with van der Waals surface area (Å²) in [5.74, 6) is 0. The first-order valence-corrected chi connectivity index (χ1v) is 9.05. The molecule has 0 unspecified atom stereocenters. The molecule has 110 valence electrons. The first-order chi connectivity index (χ1) is 8.93. The third-order valence-corrected chi connectivity index (χ3v) is 6.32. The zero-order valence-corrected chi connectivity index (χ0v) is 13.7. The van der Waals surface area contributed by atoms with Gasteiger partial charge in [-0.3, -0.25) is 0 Å². The normalized spacial score (nSPS) is 12.8. The maximum absolute atomic E-state index is 12.4. The van der Waals surface area contributed by atoms with Crippen LogP contribution in [0, 0.1) is 0 Å². The molecule has 0 spiro atoms. The minimum atomic E-state index is -3.42. The fourth-order valence-electron chi connectivity index (χ4n) is 2.08. The molecule has 0 bridgehead atoms. The average Bonchev–Trinajstić information content (AvgIpc) is 2.86. The Morgan fingerprint density at radius 3 is 2.26 bits per heavy atom. The van der Waals surface area contributed by atoms with Crippen LogP contribution in [-0.2, 0) is 16.6 Å². The molecule has 1 aromatic rings. The van der Waals surface area contributed by atoms with Gasteiger partial charge in [-0.2, -0.15) is 0 Å². The van der Waals surface area contributed by atoms with Crippen molar-refractivity contribution in [2.45, 2.75) is 57.0 Å². The summed E-state index contributed by atoms with van der Waals surface area (Å²) in [5, 5.41) is 4.73. The highest BCUT2D eigenvalue weighted by Gasteiger charge is 2.30. The zero-order chi connectivity index (χ0) is 14.5. The van der Waals surface area contributed by atoms with E-state index in [1.54, 1.807) is 11.4 Å². The minimum Gasteiger partial charge on any atom is -0.315 e. The van der Waals surface area contributed by atoms with E-state index in [1.807, 2.05) is 27.8 Å². The number of rotatable bonds is 8. The van der Waals surface area contributed by atoms with Crippen molar-refractivity contribution in [3.05, 3.63) is 16.3 Å². The van der Waals surface area contributed by atoms with Gasteiger partial charge in [0, 0.05) is 22.3 Å². The van der Waals surface area contributed by atoms with Gasteiger partial charge in [-0.05, 0) is 32.4 Å². The van der Waals surface area contributed by atoms with Crippen molar-refractivity contribution >= 4 is 21.4 Å². The minimum absolute atomic E-state index is 0.329. The number of hydrogen-bond donors (Lipinski definition) is 2. The van der Waals surface area contributed by atoms with Gasteiger partial charge < -0.3 is 5.32 Å². The monoisotopic (exact) mass is 304 g/mol. The van der Waals surface area contributed by atoms with Crippen molar-refractivity contribution in [2.75, 3.05) is 7.05 Å². The molecule has 0 amide bonds. The largest absolute Gasteiger partial charge is 0.315 e. The molecule has 0 saturated carbocycles. The van der Waals surface area contributed by atoms with Crippen molar-refractivity contribution in [1.29, 1.82) is 0 Å². The quantitative estimate of drug-likeness (QED) is 0.776. The zero-order valence-electron chi connectivity index (χ0n) is 12.1. The Morgan fingerprint density at radius 1 is 1.21 bits per heavy atom. The van der Waals surface area contributed by atoms with E-state index in [9.17, 15) is 8.42 Å². The predicted molar refractivity (Wildman–Crippen MR) is 81.0 cm³/mol. The first-order valence-electron chi connectivity index (χ1n) is 6.69. The lowest BCUT2D eigenvalue weighted by Crippen LogP contribution is -2.46. The summed E-state index contributed by atoms with van der Waals surface area (Å²) in [6.45, 7) is 6.77. The lowest BCUT2D eigenvalue weighted by Gasteiger charge is -2.31. The highest BCUT2D eigenvalue weighted by molar-refractivity contribution is 7.89. The van der Waals surface area contributed by atoms with Crippen LogP contribution in [0.1, 0.15) is 44.9 Å². The molecular weight excluding hydrogens is 280 g/mol. The second-order valence-corrected chi connectivity index (χ2v) is 7.40. The highest BCUT2D eigenvalue weighted by atomic mass is 32.2. The molecule has 2 N–H and O–H groups in total. The molecule has 6 heteroatoms. The van der Waals surface area contributed by atoms with Gasteiger partial charge in [0.25, 0.3) is 0 Å². The van der Waals surface area contributed by atoms with Gasteiger partial charge in [0.2, 0.25) is 10.0 Å². The van der Waals surface area contributed by atoms with Gasteiger partial charge in [-0.25, -0.2) is 13.1 Å². The Kier molecular flexibility index (Phi) is 5.98. The van der Waals surface area contributed by atoms with E-state index in [2.05, 4.69) is 10.0 Å². The smallest absolute Gasteiger partial charge is 0.241 e. The topological polar surface area (TPSA) is 58.2 Å². The summed E-state index contributed by atoms with van der Waals surface area (Å²) < 4.78 is 27.7. The second-order valence-electron chi connectivity index (χ2n) is 4.73. The van der Waals surface area contributed by atoms with E-state index in [1.165, 1.54) is 11.3 Å². The van der Waals surface area contributed by atoms with Crippen LogP contribution in [0.3, 0.4) is 0 Å². The van der Waals surface area contributed by atoms with E-state index >= 15 is 0 Å². The Balaban J connectivity index is 2.96. The summed E-state index contributed by atoms with van der Waals surface area (Å²) in [7, 11) is -1.57. The highest BCUT2D eigenvalue weighted by Crippen LogP contribution is 2.25. The van der Waals surface area contributed by atoms with Crippen molar-refractivity contribution < 1.29 is 8.42 Å². The molecule has 1 rings (SSSR count). The Hall–Kier alpha value is -0.430. The number of hydrogen-bond acceptors (Lipinski definition) is 4. The van der Waals surface area contributed by atoms with Crippen molar-refractivity contribution in [3.63, 3.8) is 0 Å². The lowest BCUT2D eigenvalue weighted by molar-refractivity contribution is 0.342. The fourth-order valence-corrected chi connectivity index (χ4v) is 4.98. The summed E-state index contributed by atoms with van der Waals surface area (Å²) >= 11 is 1.47. The molecule has 0 fully saturated rings. The third-order valence-electron chi connectivity index (χ3n) is 3.67. The van der Waals surface area contributed by atoms with E-state index in [4.69, 9.17) is 0 Å². The summed E-state index contributed by atoms with van der Waals surface area (Å²) in [6, 6.07) is 1.75. The first kappa shape index (κ1) is 16.6. The van der Waals surface area contributed by atoms with E-state index in [0.717, 1.165) is 24.1 Å². The van der Waals surface area contributed by atoms with Crippen LogP contribution < -0.4 is 10.0 Å². The predicted octanol–water partition coefficient (Wildman–Crippen LogP) is 2.71. The van der Waals surface area contributed by atoms with Gasteiger partial charge in [0.1, 0.15) is 0 Å². The van der Waals surface area contributed by atoms with E-state index < -0.39 is 10.0 Å². The molecule has 0 atom stereocenters. The summed E-state index contributed by atoms with van der Waals surface area (Å²) in [6.07, 6.45) is 2.40. The standard InChI is InChI=1S/C13H24N2O2S2/c1-5-13(6-2,7-3)15-19(16,17)12-8-11(9-14-4)18-10-12/h8,10,14-15H,5-7,9H2,1-4H3. The van der Waals surface area contributed by atoms with Crippen molar-refractivity contribution in [2.24, 2.45) is 0 Å². The van der Waals surface area contributed by atoms with Crippen LogP contribution >= 0.6 is 11.3 Å². The lowest BCUT2D eigenvalue weighted by atomic mass is 9.91. The number of nitrogens with one attached hydrogen (secondary N) is 2. The molecule has 0 aliphatic heterocycles. The van der Waals surface area contributed by atoms with E-state index in [-0.39, 0.29) is 5.54 Å². The SMILES string of the molecule is CCC(CC)(CC)NS(=O)(=O)c1csc(CNC)c1. The van der Waals surface area contributed by atoms with Crippen molar-refractivity contribution in [3.8, 4) is 0 Å². The fraction of sp³-hybridized carbons (Fsp3) is 0.692. The molecule has 0 saturated heterocycles. The molecule has 0 aromatic carbocycles. The van der Waals surface area contributed by atoms with Crippen molar-refractivity contribution in [1.82, 2.24) is 10.0 Å². The second kappa shape index (κ2) is 6.83. The van der Waals surface area contributed by atoms with Gasteiger partial charge in [-0.1, -0.05) is 20.8 Å². The third kappa shape index (κ3) is 4.02. The number of sulfonamides is 1. The Labute approximate surface area is 120 Å². The van der Waals surface area contributed by atoms with Gasteiger partial charge in [-0.15, -0.1) is 11.3 Å². The van der Waals surface area contributed by atoms with Gasteiger partial charge in [0.05, 0.1) is 4.90 Å². The Morgan fingerprint density at radius 2 is 1.79 bits per heavy atom. The summed E-state index contributed by atoms with van der Waals surface area (Å²) in [4.78, 5) is 1.40. The van der Waals surface area contributed by atoms with Crippen LogP contribution in [0.2, 0.25) is 0 Å². The average molecular weight is 304 g/mol. The molecule has 19 heavy (non-hydrogen) atoms. The van der Waals surface area contributed by atoms with Crippen LogP contribution in [0.5, 0.6) is 0 Å². The molecule has 1 heterocycles. The molecule has 0 aliphatic carbocycles. The number of thiophene rings is 1. The maximum atomic E-state index is 12.4. The molecule has 0 aliphatic rings. The van der Waals surface area contributed by atoms with Crippen LogP contribution in [0.15, 0.2) is 16.3 Å². The van der Waals surface area contributed by atoms with Crippen LogP contribution in [0.4, 0.5) is 0 Å². The molecular formula is C13H24N2O2S2. The molecule has 0 radical (unpaired) electrons. The molecule has 1 aromatic heterocycles. The molecule has 4 nitrogen and oxygen atoms in total. The van der Waals surface area contributed by atoms with Gasteiger partial charge >= 0.3 is 0 Å².